The number of ether oxygens (including phenoxy) is 1. The molecule has 23 heavy (non-hydrogen) atoms. The molecule has 0 fully saturated rings. The molecular formula is C20H25NO2. The smallest absolute Gasteiger partial charge is 0.150 e. The summed E-state index contributed by atoms with van der Waals surface area (Å²) < 4.78 is 6.04. The Bertz CT molecular complexity index is 685. The van der Waals surface area contributed by atoms with Gasteiger partial charge in [0.05, 0.1) is 0 Å². The standard InChI is InChI=1S/C20H25NO2/c1-14-7-6-8-15(2)20(14)23-13-18-10-17(11-21(4)5)9-16(3)19(18)12-22/h6-10,12H,11,13H2,1-5H3. The Morgan fingerprint density at radius 2 is 1.70 bits per heavy atom. The van der Waals surface area contributed by atoms with E-state index in [1.807, 2.05) is 53.1 Å². The quantitative estimate of drug-likeness (QED) is 0.753. The van der Waals surface area contributed by atoms with E-state index in [0.717, 1.165) is 46.4 Å². The second-order valence-electron chi connectivity index (χ2n) is 6.35. The van der Waals surface area contributed by atoms with Crippen molar-refractivity contribution in [2.75, 3.05) is 14.1 Å². The van der Waals surface area contributed by atoms with Gasteiger partial charge in [-0.05, 0) is 57.1 Å². The molecule has 0 aromatic heterocycles. The van der Waals surface area contributed by atoms with Crippen molar-refractivity contribution in [3.05, 3.63) is 63.7 Å². The van der Waals surface area contributed by atoms with E-state index in [-0.39, 0.29) is 0 Å². The third-order valence-electron chi connectivity index (χ3n) is 3.93. The molecule has 0 aliphatic rings. The van der Waals surface area contributed by atoms with Gasteiger partial charge in [-0.15, -0.1) is 0 Å². The monoisotopic (exact) mass is 311 g/mol. The number of rotatable bonds is 6. The molecule has 2 aromatic rings. The van der Waals surface area contributed by atoms with Crippen LogP contribution in [-0.2, 0) is 13.2 Å². The Kier molecular flexibility index (Phi) is 5.56. The van der Waals surface area contributed by atoms with E-state index >= 15 is 0 Å². The number of aldehydes is 1. The predicted octanol–water partition coefficient (Wildman–Crippen LogP) is 4.06. The first-order valence-corrected chi connectivity index (χ1v) is 7.83. The molecule has 0 unspecified atom stereocenters. The first-order chi connectivity index (χ1) is 10.9. The summed E-state index contributed by atoms with van der Waals surface area (Å²) in [5.74, 6) is 0.903. The fraction of sp³-hybridized carbons (Fsp3) is 0.350. The Hall–Kier alpha value is -2.13. The maximum Gasteiger partial charge on any atom is 0.150 e. The van der Waals surface area contributed by atoms with Crippen LogP contribution in [0.4, 0.5) is 0 Å². The van der Waals surface area contributed by atoms with Crippen LogP contribution < -0.4 is 4.74 Å². The van der Waals surface area contributed by atoms with Crippen LogP contribution in [-0.4, -0.2) is 25.3 Å². The van der Waals surface area contributed by atoms with E-state index < -0.39 is 0 Å². The molecule has 0 saturated heterocycles. The molecule has 3 heteroatoms. The van der Waals surface area contributed by atoms with Gasteiger partial charge in [0.1, 0.15) is 12.4 Å². The molecule has 0 atom stereocenters. The molecular weight excluding hydrogens is 286 g/mol. The first kappa shape index (κ1) is 17.2. The van der Waals surface area contributed by atoms with Crippen LogP contribution >= 0.6 is 0 Å². The molecule has 2 rings (SSSR count). The zero-order valence-corrected chi connectivity index (χ0v) is 14.6. The maximum atomic E-state index is 11.5. The Labute approximate surface area is 138 Å². The summed E-state index contributed by atoms with van der Waals surface area (Å²) in [4.78, 5) is 13.6. The van der Waals surface area contributed by atoms with Crippen LogP contribution in [0.25, 0.3) is 0 Å². The molecule has 0 aliphatic heterocycles. The number of para-hydroxylation sites is 1. The highest BCUT2D eigenvalue weighted by Crippen LogP contribution is 2.25. The summed E-state index contributed by atoms with van der Waals surface area (Å²) in [5, 5.41) is 0. The average Bonchev–Trinajstić information content (AvgIpc) is 2.45. The first-order valence-electron chi connectivity index (χ1n) is 7.83. The van der Waals surface area contributed by atoms with Gasteiger partial charge in [-0.3, -0.25) is 4.79 Å². The Morgan fingerprint density at radius 1 is 1.04 bits per heavy atom. The number of carbonyl (C=O) groups excluding carboxylic acids is 1. The highest BCUT2D eigenvalue weighted by Gasteiger charge is 2.11. The van der Waals surface area contributed by atoms with Gasteiger partial charge in [-0.25, -0.2) is 0 Å². The molecule has 0 bridgehead atoms. The lowest BCUT2D eigenvalue weighted by molar-refractivity contribution is 0.112. The zero-order valence-electron chi connectivity index (χ0n) is 14.6. The van der Waals surface area contributed by atoms with Crippen molar-refractivity contribution in [2.24, 2.45) is 0 Å². The minimum absolute atomic E-state index is 0.405. The van der Waals surface area contributed by atoms with Crippen LogP contribution in [0.1, 0.15) is 38.2 Å². The molecule has 0 radical (unpaired) electrons. The number of hydrogen-bond acceptors (Lipinski definition) is 3. The van der Waals surface area contributed by atoms with Gasteiger partial charge in [-0.2, -0.15) is 0 Å². The van der Waals surface area contributed by atoms with E-state index in [1.165, 1.54) is 5.56 Å². The number of benzene rings is 2. The predicted molar refractivity (Wildman–Crippen MR) is 94.2 cm³/mol. The van der Waals surface area contributed by atoms with Gasteiger partial charge < -0.3 is 9.64 Å². The van der Waals surface area contributed by atoms with E-state index in [2.05, 4.69) is 17.0 Å². The van der Waals surface area contributed by atoms with E-state index in [1.54, 1.807) is 0 Å². The summed E-state index contributed by atoms with van der Waals surface area (Å²) in [6.45, 7) is 7.30. The van der Waals surface area contributed by atoms with Crippen molar-refractivity contribution in [1.82, 2.24) is 4.90 Å². The van der Waals surface area contributed by atoms with Crippen LogP contribution in [0.5, 0.6) is 5.75 Å². The van der Waals surface area contributed by atoms with Crippen molar-refractivity contribution in [3.8, 4) is 5.75 Å². The van der Waals surface area contributed by atoms with Crippen LogP contribution in [0.2, 0.25) is 0 Å². The SMILES string of the molecule is Cc1cc(CN(C)C)cc(COc2c(C)cccc2C)c1C=O. The largest absolute Gasteiger partial charge is 0.488 e. The second-order valence-corrected chi connectivity index (χ2v) is 6.35. The van der Waals surface area contributed by atoms with Gasteiger partial charge in [0, 0.05) is 17.7 Å². The summed E-state index contributed by atoms with van der Waals surface area (Å²) in [7, 11) is 4.08. The molecule has 3 nitrogen and oxygen atoms in total. The highest BCUT2D eigenvalue weighted by molar-refractivity contribution is 5.79. The lowest BCUT2D eigenvalue weighted by atomic mass is 9.99. The summed E-state index contributed by atoms with van der Waals surface area (Å²) in [6.07, 6.45) is 0.929. The van der Waals surface area contributed by atoms with Gasteiger partial charge in [0.15, 0.2) is 6.29 Å². The summed E-state index contributed by atoms with van der Waals surface area (Å²) >= 11 is 0. The number of nitrogens with zero attached hydrogens (tertiary/aromatic N) is 1. The van der Waals surface area contributed by atoms with Crippen molar-refractivity contribution in [1.29, 1.82) is 0 Å². The number of aryl methyl sites for hydroxylation is 3. The maximum absolute atomic E-state index is 11.5. The van der Waals surface area contributed by atoms with Gasteiger partial charge in [-0.1, -0.05) is 30.3 Å². The molecule has 0 aliphatic carbocycles. The lowest BCUT2D eigenvalue weighted by Crippen LogP contribution is -2.12. The van der Waals surface area contributed by atoms with Gasteiger partial charge in [0.2, 0.25) is 0 Å². The molecule has 122 valence electrons. The molecule has 2 aromatic carbocycles. The Balaban J connectivity index is 2.30. The number of hydrogen-bond donors (Lipinski definition) is 0. The summed E-state index contributed by atoms with van der Waals surface area (Å²) in [6, 6.07) is 10.3. The van der Waals surface area contributed by atoms with Crippen LogP contribution in [0.3, 0.4) is 0 Å². The molecule has 0 amide bonds. The topological polar surface area (TPSA) is 29.5 Å². The van der Waals surface area contributed by atoms with Crippen molar-refractivity contribution in [3.63, 3.8) is 0 Å². The minimum Gasteiger partial charge on any atom is -0.488 e. The third kappa shape index (κ3) is 4.20. The third-order valence-corrected chi connectivity index (χ3v) is 3.93. The van der Waals surface area contributed by atoms with E-state index in [0.29, 0.717) is 6.61 Å². The van der Waals surface area contributed by atoms with Gasteiger partial charge in [0.25, 0.3) is 0 Å². The molecule has 0 spiro atoms. The van der Waals surface area contributed by atoms with Crippen LogP contribution in [0, 0.1) is 20.8 Å². The normalized spacial score (nSPS) is 10.9. The van der Waals surface area contributed by atoms with E-state index in [4.69, 9.17) is 4.74 Å². The van der Waals surface area contributed by atoms with Crippen molar-refractivity contribution >= 4 is 6.29 Å². The minimum atomic E-state index is 0.405. The van der Waals surface area contributed by atoms with E-state index in [9.17, 15) is 4.79 Å². The fourth-order valence-electron chi connectivity index (χ4n) is 2.87. The number of carbonyl (C=O) groups is 1. The molecule has 0 heterocycles. The Morgan fingerprint density at radius 3 is 2.26 bits per heavy atom. The van der Waals surface area contributed by atoms with Crippen molar-refractivity contribution in [2.45, 2.75) is 33.9 Å². The van der Waals surface area contributed by atoms with Gasteiger partial charge >= 0.3 is 0 Å². The van der Waals surface area contributed by atoms with Crippen LogP contribution in [0.15, 0.2) is 30.3 Å². The second kappa shape index (κ2) is 7.42. The molecule has 0 N–H and O–H groups in total. The average molecular weight is 311 g/mol. The molecule has 0 saturated carbocycles. The van der Waals surface area contributed by atoms with Crippen molar-refractivity contribution < 1.29 is 9.53 Å². The fourth-order valence-corrected chi connectivity index (χ4v) is 2.87. The zero-order chi connectivity index (χ0) is 17.0. The lowest BCUT2D eigenvalue weighted by Gasteiger charge is -2.16. The highest BCUT2D eigenvalue weighted by atomic mass is 16.5. The summed E-state index contributed by atoms with van der Waals surface area (Å²) in [5.41, 5.74) is 6.09.